The molecule has 0 aliphatic carbocycles. The summed E-state index contributed by atoms with van der Waals surface area (Å²) in [4.78, 5) is 19.6. The Bertz CT molecular complexity index is 1350. The number of amides is 1. The lowest BCUT2D eigenvalue weighted by atomic mass is 9.94. The van der Waals surface area contributed by atoms with Crippen LogP contribution >= 0.6 is 11.3 Å². The van der Waals surface area contributed by atoms with Crippen molar-refractivity contribution >= 4 is 33.3 Å². The third-order valence-corrected chi connectivity index (χ3v) is 7.02. The number of carbonyl (C=O) groups is 1. The first kappa shape index (κ1) is 23.7. The van der Waals surface area contributed by atoms with Crippen LogP contribution in [0.25, 0.3) is 26.4 Å². The lowest BCUT2D eigenvalue weighted by molar-refractivity contribution is 0.0204. The normalized spacial score (nSPS) is 15.6. The number of imidazole rings is 1. The monoisotopic (exact) mass is 502 g/mol. The average molecular weight is 503 g/mol. The van der Waals surface area contributed by atoms with E-state index in [1.54, 1.807) is 27.2 Å². The molecular weight excluding hydrogens is 474 g/mol. The fourth-order valence-electron chi connectivity index (χ4n) is 4.49. The number of fused-ring (bicyclic) bond motifs is 2. The number of alkyl halides is 2. The van der Waals surface area contributed by atoms with Gasteiger partial charge in [-0.2, -0.15) is 10.2 Å². The molecule has 3 aromatic heterocycles. The van der Waals surface area contributed by atoms with Crippen molar-refractivity contribution in [1.29, 1.82) is 0 Å². The van der Waals surface area contributed by atoms with E-state index in [1.165, 1.54) is 11.3 Å². The van der Waals surface area contributed by atoms with Crippen LogP contribution in [-0.4, -0.2) is 60.5 Å². The van der Waals surface area contributed by atoms with Gasteiger partial charge in [0.25, 0.3) is 0 Å². The van der Waals surface area contributed by atoms with Gasteiger partial charge >= 0.3 is 6.09 Å². The number of aryl methyl sites for hydroxylation is 1. The number of likely N-dealkylation sites (tertiary alicyclic amines) is 1. The molecule has 0 bridgehead atoms. The SMILES string of the molecule is Cn1cc2cc(-c3nn4cc(C5CCN(C(=O)OC(C)(C)C)CC5)nc4s3)cc(CC(F)F)c2n1. The van der Waals surface area contributed by atoms with Crippen molar-refractivity contribution in [2.75, 3.05) is 13.1 Å². The van der Waals surface area contributed by atoms with Crippen LogP contribution in [0.3, 0.4) is 0 Å². The van der Waals surface area contributed by atoms with Gasteiger partial charge in [-0.05, 0) is 51.3 Å². The number of aromatic nitrogens is 5. The summed E-state index contributed by atoms with van der Waals surface area (Å²) in [5.41, 5.74) is 2.34. The molecule has 0 radical (unpaired) electrons. The Morgan fingerprint density at radius 3 is 2.60 bits per heavy atom. The maximum absolute atomic E-state index is 13.2. The number of hydrogen-bond donors (Lipinski definition) is 0. The van der Waals surface area contributed by atoms with Gasteiger partial charge in [0.15, 0.2) is 0 Å². The number of halogens is 2. The first-order chi connectivity index (χ1) is 16.6. The highest BCUT2D eigenvalue weighted by atomic mass is 32.1. The fourth-order valence-corrected chi connectivity index (χ4v) is 5.36. The molecule has 1 aromatic carbocycles. The van der Waals surface area contributed by atoms with E-state index < -0.39 is 12.0 Å². The molecule has 1 fully saturated rings. The quantitative estimate of drug-likeness (QED) is 0.380. The molecule has 4 aromatic rings. The summed E-state index contributed by atoms with van der Waals surface area (Å²) < 4.78 is 35.2. The molecule has 1 aliphatic rings. The van der Waals surface area contributed by atoms with E-state index in [0.29, 0.717) is 24.2 Å². The van der Waals surface area contributed by atoms with Crippen LogP contribution in [0.2, 0.25) is 0 Å². The predicted molar refractivity (Wildman–Crippen MR) is 130 cm³/mol. The van der Waals surface area contributed by atoms with Crippen LogP contribution in [0.5, 0.6) is 0 Å². The molecule has 1 aliphatic heterocycles. The Kier molecular flexibility index (Phi) is 5.98. The molecule has 0 saturated carbocycles. The first-order valence-corrected chi connectivity index (χ1v) is 12.5. The minimum Gasteiger partial charge on any atom is -0.444 e. The van der Waals surface area contributed by atoms with Gasteiger partial charge in [0, 0.05) is 49.6 Å². The predicted octanol–water partition coefficient (Wildman–Crippen LogP) is 5.27. The molecule has 0 atom stereocenters. The van der Waals surface area contributed by atoms with Crippen LogP contribution in [0.4, 0.5) is 13.6 Å². The number of hydrogen-bond acceptors (Lipinski definition) is 6. The zero-order valence-corrected chi connectivity index (χ0v) is 21.0. The van der Waals surface area contributed by atoms with E-state index in [0.717, 1.165) is 39.5 Å². The van der Waals surface area contributed by atoms with E-state index in [-0.39, 0.29) is 18.4 Å². The second kappa shape index (κ2) is 8.85. The molecular formula is C24H28F2N6O2S. The third-order valence-electron chi connectivity index (χ3n) is 6.05. The lowest BCUT2D eigenvalue weighted by Gasteiger charge is -2.32. The minimum atomic E-state index is -2.45. The molecule has 4 heterocycles. The standard InChI is InChI=1S/C24H28F2N6O2S/c1-24(2,3)34-23(33)31-7-5-14(6-8-31)18-13-32-22(27-18)35-21(29-32)16-9-15(11-19(25)26)20-17(10-16)12-30(4)28-20/h9-10,12-14,19H,5-8,11H2,1-4H3. The van der Waals surface area contributed by atoms with Crippen molar-refractivity contribution in [3.05, 3.63) is 35.8 Å². The lowest BCUT2D eigenvalue weighted by Crippen LogP contribution is -2.41. The highest BCUT2D eigenvalue weighted by Crippen LogP contribution is 2.33. The maximum Gasteiger partial charge on any atom is 0.410 e. The van der Waals surface area contributed by atoms with E-state index in [2.05, 4.69) is 10.2 Å². The van der Waals surface area contributed by atoms with Gasteiger partial charge in [0.2, 0.25) is 11.4 Å². The average Bonchev–Trinajstić information content (AvgIpc) is 3.44. The van der Waals surface area contributed by atoms with Gasteiger partial charge in [-0.25, -0.2) is 23.1 Å². The van der Waals surface area contributed by atoms with Crippen LogP contribution in [0.15, 0.2) is 24.5 Å². The highest BCUT2D eigenvalue weighted by Gasteiger charge is 2.29. The number of rotatable bonds is 4. The zero-order valence-electron chi connectivity index (χ0n) is 20.2. The molecule has 0 N–H and O–H groups in total. The van der Waals surface area contributed by atoms with E-state index >= 15 is 0 Å². The molecule has 8 nitrogen and oxygen atoms in total. The second-order valence-electron chi connectivity index (χ2n) is 10.0. The van der Waals surface area contributed by atoms with Crippen molar-refractivity contribution in [2.24, 2.45) is 7.05 Å². The van der Waals surface area contributed by atoms with Crippen molar-refractivity contribution in [3.8, 4) is 10.6 Å². The summed E-state index contributed by atoms with van der Waals surface area (Å²) >= 11 is 1.43. The van der Waals surface area contributed by atoms with Gasteiger partial charge < -0.3 is 9.64 Å². The van der Waals surface area contributed by atoms with Crippen LogP contribution in [0, 0.1) is 0 Å². The van der Waals surface area contributed by atoms with E-state index in [1.807, 2.05) is 39.2 Å². The van der Waals surface area contributed by atoms with Gasteiger partial charge in [-0.1, -0.05) is 11.3 Å². The molecule has 0 unspecified atom stereocenters. The molecule has 186 valence electrons. The minimum absolute atomic E-state index is 0.246. The highest BCUT2D eigenvalue weighted by molar-refractivity contribution is 7.19. The molecule has 1 amide bonds. The Morgan fingerprint density at radius 2 is 1.94 bits per heavy atom. The van der Waals surface area contributed by atoms with Gasteiger partial charge in [0.1, 0.15) is 10.6 Å². The fraction of sp³-hybridized carbons (Fsp3) is 0.500. The van der Waals surface area contributed by atoms with Crippen molar-refractivity contribution in [2.45, 2.75) is 58.0 Å². The van der Waals surface area contributed by atoms with Crippen LogP contribution in [0.1, 0.15) is 50.8 Å². The Morgan fingerprint density at radius 1 is 1.20 bits per heavy atom. The largest absolute Gasteiger partial charge is 0.444 e. The summed E-state index contributed by atoms with van der Waals surface area (Å²) in [6, 6.07) is 3.69. The maximum atomic E-state index is 13.2. The summed E-state index contributed by atoms with van der Waals surface area (Å²) in [6.07, 6.45) is 2.31. The molecule has 1 saturated heterocycles. The third kappa shape index (κ3) is 5.00. The number of benzene rings is 1. The van der Waals surface area contributed by atoms with Crippen molar-refractivity contribution < 1.29 is 18.3 Å². The summed E-state index contributed by atoms with van der Waals surface area (Å²) in [5, 5.41) is 10.6. The van der Waals surface area contributed by atoms with Crippen LogP contribution < -0.4 is 0 Å². The smallest absolute Gasteiger partial charge is 0.410 e. The van der Waals surface area contributed by atoms with Crippen LogP contribution in [-0.2, 0) is 18.2 Å². The first-order valence-electron chi connectivity index (χ1n) is 11.6. The van der Waals surface area contributed by atoms with Crippen molar-refractivity contribution in [3.63, 3.8) is 0 Å². The number of piperidine rings is 1. The molecule has 35 heavy (non-hydrogen) atoms. The Balaban J connectivity index is 1.34. The van der Waals surface area contributed by atoms with Crippen molar-refractivity contribution in [1.82, 2.24) is 29.3 Å². The Hall–Kier alpha value is -3.08. The van der Waals surface area contributed by atoms with E-state index in [4.69, 9.17) is 9.72 Å². The summed E-state index contributed by atoms with van der Waals surface area (Å²) in [5.74, 6) is 0.246. The molecule has 0 spiro atoms. The zero-order chi connectivity index (χ0) is 24.9. The number of carbonyl (C=O) groups excluding carboxylic acids is 1. The van der Waals surface area contributed by atoms with Gasteiger partial charge in [-0.3, -0.25) is 4.68 Å². The molecule has 11 heteroatoms. The summed E-state index contributed by atoms with van der Waals surface area (Å²) in [6.45, 7) is 6.85. The van der Waals surface area contributed by atoms with Gasteiger partial charge in [-0.15, -0.1) is 0 Å². The van der Waals surface area contributed by atoms with Gasteiger partial charge in [0.05, 0.1) is 17.4 Å². The molecule has 5 rings (SSSR count). The van der Waals surface area contributed by atoms with E-state index in [9.17, 15) is 13.6 Å². The number of nitrogens with zero attached hydrogens (tertiary/aromatic N) is 6. The second-order valence-corrected chi connectivity index (χ2v) is 11.0. The summed E-state index contributed by atoms with van der Waals surface area (Å²) in [7, 11) is 1.78. The number of ether oxygens (including phenoxy) is 1. The topological polar surface area (TPSA) is 77.5 Å². The Labute approximate surface area is 205 Å².